The fourth-order valence-electron chi connectivity index (χ4n) is 3.26. The van der Waals surface area contributed by atoms with E-state index in [1.807, 2.05) is 54.8 Å². The quantitative estimate of drug-likeness (QED) is 0.735. The van der Waals surface area contributed by atoms with Gasteiger partial charge in [0.25, 0.3) is 5.91 Å². The number of aryl methyl sites for hydroxylation is 3. The van der Waals surface area contributed by atoms with Gasteiger partial charge in [-0.2, -0.15) is 0 Å². The van der Waals surface area contributed by atoms with Crippen molar-refractivity contribution in [1.82, 2.24) is 19.4 Å². The van der Waals surface area contributed by atoms with Crippen LogP contribution in [0.5, 0.6) is 0 Å². The minimum atomic E-state index is 0.0756. The first-order valence-electron chi connectivity index (χ1n) is 8.68. The first-order chi connectivity index (χ1) is 12.0. The van der Waals surface area contributed by atoms with Crippen molar-refractivity contribution in [2.24, 2.45) is 7.05 Å². The molecule has 128 valence electrons. The van der Waals surface area contributed by atoms with E-state index in [-0.39, 0.29) is 5.91 Å². The summed E-state index contributed by atoms with van der Waals surface area (Å²) in [7, 11) is 1.97. The number of pyridine rings is 1. The van der Waals surface area contributed by atoms with Crippen LogP contribution in [0.2, 0.25) is 0 Å². The third kappa shape index (κ3) is 3.02. The first-order valence-corrected chi connectivity index (χ1v) is 8.68. The average molecular weight is 334 g/mol. The maximum Gasteiger partial charge on any atom is 0.255 e. The van der Waals surface area contributed by atoms with Gasteiger partial charge in [-0.1, -0.05) is 11.6 Å². The zero-order valence-corrected chi connectivity index (χ0v) is 14.9. The Balaban J connectivity index is 1.77. The van der Waals surface area contributed by atoms with E-state index >= 15 is 0 Å². The van der Waals surface area contributed by atoms with E-state index in [9.17, 15) is 4.79 Å². The molecule has 2 aromatic heterocycles. The second-order valence-electron chi connectivity index (χ2n) is 6.95. The molecular weight excluding hydrogens is 312 g/mol. The number of benzene rings is 1. The fourth-order valence-corrected chi connectivity index (χ4v) is 3.26. The predicted octanol–water partition coefficient (Wildman–Crippen LogP) is 3.39. The molecule has 0 spiro atoms. The Morgan fingerprint density at radius 2 is 2.08 bits per heavy atom. The molecule has 3 aromatic rings. The highest BCUT2D eigenvalue weighted by atomic mass is 16.2. The number of amides is 1. The Morgan fingerprint density at radius 1 is 1.28 bits per heavy atom. The van der Waals surface area contributed by atoms with Crippen LogP contribution < -0.4 is 0 Å². The molecule has 1 fully saturated rings. The summed E-state index contributed by atoms with van der Waals surface area (Å²) < 4.78 is 1.97. The van der Waals surface area contributed by atoms with Crippen LogP contribution in [0, 0.1) is 13.8 Å². The van der Waals surface area contributed by atoms with Crippen LogP contribution >= 0.6 is 0 Å². The molecule has 0 unspecified atom stereocenters. The molecule has 0 N–H and O–H groups in total. The number of imidazole rings is 1. The number of aromatic nitrogens is 3. The van der Waals surface area contributed by atoms with Gasteiger partial charge in [0.05, 0.1) is 17.6 Å². The van der Waals surface area contributed by atoms with E-state index in [2.05, 4.69) is 16.0 Å². The van der Waals surface area contributed by atoms with Crippen LogP contribution in [-0.2, 0) is 13.6 Å². The summed E-state index contributed by atoms with van der Waals surface area (Å²) in [6, 6.07) is 8.32. The van der Waals surface area contributed by atoms with Gasteiger partial charge in [0, 0.05) is 36.6 Å². The molecule has 25 heavy (non-hydrogen) atoms. The lowest BCUT2D eigenvalue weighted by Crippen LogP contribution is -2.33. The van der Waals surface area contributed by atoms with Gasteiger partial charge < -0.3 is 9.47 Å². The molecular formula is C20H22N4O. The Hall–Kier alpha value is -2.69. The molecule has 0 atom stereocenters. The molecule has 1 aliphatic carbocycles. The molecule has 1 saturated carbocycles. The lowest BCUT2D eigenvalue weighted by Gasteiger charge is -2.23. The second-order valence-corrected chi connectivity index (χ2v) is 6.95. The number of fused-ring (bicyclic) bond motifs is 1. The molecule has 4 rings (SSSR count). The lowest BCUT2D eigenvalue weighted by atomic mass is 10.0. The topological polar surface area (TPSA) is 51.0 Å². The Morgan fingerprint density at radius 3 is 2.76 bits per heavy atom. The SMILES string of the molecule is Cc1ccc2nc(C)cc(C(=O)N(Cc3nccn3C)C3CC3)c2c1. The van der Waals surface area contributed by atoms with Crippen LogP contribution in [0.1, 0.15) is 40.3 Å². The van der Waals surface area contributed by atoms with Crippen molar-refractivity contribution >= 4 is 16.8 Å². The molecule has 1 aliphatic rings. The van der Waals surface area contributed by atoms with Crippen molar-refractivity contribution in [1.29, 1.82) is 0 Å². The van der Waals surface area contributed by atoms with E-state index in [0.29, 0.717) is 12.6 Å². The van der Waals surface area contributed by atoms with Crippen molar-refractivity contribution in [3.63, 3.8) is 0 Å². The summed E-state index contributed by atoms with van der Waals surface area (Å²) in [4.78, 5) is 24.3. The summed E-state index contributed by atoms with van der Waals surface area (Å²) in [6.45, 7) is 4.53. The summed E-state index contributed by atoms with van der Waals surface area (Å²) in [5.41, 5.74) is 3.62. The summed E-state index contributed by atoms with van der Waals surface area (Å²) in [5.74, 6) is 0.984. The van der Waals surface area contributed by atoms with Gasteiger partial charge in [-0.15, -0.1) is 0 Å². The number of hydrogen-bond donors (Lipinski definition) is 0. The molecule has 0 aliphatic heterocycles. The van der Waals surface area contributed by atoms with E-state index < -0.39 is 0 Å². The lowest BCUT2D eigenvalue weighted by molar-refractivity contribution is 0.0726. The number of nitrogens with zero attached hydrogens (tertiary/aromatic N) is 4. The van der Waals surface area contributed by atoms with Crippen LogP contribution in [0.3, 0.4) is 0 Å². The van der Waals surface area contributed by atoms with Gasteiger partial charge in [0.2, 0.25) is 0 Å². The number of hydrogen-bond acceptors (Lipinski definition) is 3. The zero-order valence-electron chi connectivity index (χ0n) is 14.9. The normalized spacial score (nSPS) is 14.0. The number of rotatable bonds is 4. The van der Waals surface area contributed by atoms with Crippen molar-refractivity contribution in [3.8, 4) is 0 Å². The van der Waals surface area contributed by atoms with Gasteiger partial charge in [-0.25, -0.2) is 4.98 Å². The molecule has 0 radical (unpaired) electrons. The average Bonchev–Trinajstić information content (AvgIpc) is 3.34. The third-order valence-corrected chi connectivity index (χ3v) is 4.80. The van der Waals surface area contributed by atoms with Gasteiger partial charge in [-0.3, -0.25) is 9.78 Å². The molecule has 0 saturated heterocycles. The fraction of sp³-hybridized carbons (Fsp3) is 0.350. The highest BCUT2D eigenvalue weighted by molar-refractivity contribution is 6.06. The number of carbonyl (C=O) groups excluding carboxylic acids is 1. The van der Waals surface area contributed by atoms with Gasteiger partial charge in [-0.05, 0) is 44.9 Å². The summed E-state index contributed by atoms with van der Waals surface area (Å²) in [5, 5.41) is 0.932. The second kappa shape index (κ2) is 5.99. The van der Waals surface area contributed by atoms with Crippen molar-refractivity contribution in [3.05, 3.63) is 59.3 Å². The largest absolute Gasteiger partial charge is 0.337 e. The minimum Gasteiger partial charge on any atom is -0.337 e. The molecule has 0 bridgehead atoms. The zero-order chi connectivity index (χ0) is 17.6. The van der Waals surface area contributed by atoms with Gasteiger partial charge >= 0.3 is 0 Å². The Labute approximate surface area is 147 Å². The molecule has 5 heteroatoms. The van der Waals surface area contributed by atoms with Gasteiger partial charge in [0.1, 0.15) is 5.82 Å². The van der Waals surface area contributed by atoms with Crippen molar-refractivity contribution in [2.45, 2.75) is 39.3 Å². The number of carbonyl (C=O) groups is 1. The van der Waals surface area contributed by atoms with Gasteiger partial charge in [0.15, 0.2) is 0 Å². The third-order valence-electron chi connectivity index (χ3n) is 4.80. The maximum atomic E-state index is 13.4. The summed E-state index contributed by atoms with van der Waals surface area (Å²) in [6.07, 6.45) is 5.83. The first kappa shape index (κ1) is 15.8. The predicted molar refractivity (Wildman–Crippen MR) is 97.3 cm³/mol. The van der Waals surface area contributed by atoms with Crippen molar-refractivity contribution < 1.29 is 4.79 Å². The Kier molecular flexibility index (Phi) is 3.79. The molecule has 2 heterocycles. The molecule has 1 amide bonds. The summed E-state index contributed by atoms with van der Waals surface area (Å²) >= 11 is 0. The Bertz CT molecular complexity index is 955. The highest BCUT2D eigenvalue weighted by Gasteiger charge is 2.34. The molecule has 5 nitrogen and oxygen atoms in total. The van der Waals surface area contributed by atoms with Crippen LogP contribution in [0.25, 0.3) is 10.9 Å². The van der Waals surface area contributed by atoms with Crippen LogP contribution in [-0.4, -0.2) is 31.4 Å². The van der Waals surface area contributed by atoms with E-state index in [1.54, 1.807) is 6.20 Å². The standard InChI is InChI=1S/C20H22N4O/c1-13-4-7-18-16(10-13)17(11-14(2)22-18)20(25)24(15-5-6-15)12-19-21-8-9-23(19)3/h4,7-11,15H,5-6,12H2,1-3H3. The minimum absolute atomic E-state index is 0.0756. The molecule has 1 aromatic carbocycles. The van der Waals surface area contributed by atoms with E-state index in [0.717, 1.165) is 46.4 Å². The highest BCUT2D eigenvalue weighted by Crippen LogP contribution is 2.31. The van der Waals surface area contributed by atoms with Crippen molar-refractivity contribution in [2.75, 3.05) is 0 Å². The maximum absolute atomic E-state index is 13.4. The van der Waals surface area contributed by atoms with Crippen LogP contribution in [0.4, 0.5) is 0 Å². The van der Waals surface area contributed by atoms with Crippen LogP contribution in [0.15, 0.2) is 36.7 Å². The van der Waals surface area contributed by atoms with E-state index in [1.165, 1.54) is 0 Å². The van der Waals surface area contributed by atoms with E-state index in [4.69, 9.17) is 0 Å². The monoisotopic (exact) mass is 334 g/mol. The smallest absolute Gasteiger partial charge is 0.255 e.